The minimum atomic E-state index is -0.226. The molecule has 4 heteroatoms. The van der Waals surface area contributed by atoms with E-state index in [1.54, 1.807) is 0 Å². The standard InChI is InChI=1S/C9H20N2O2/c1-9(2,3)11-6-5-10-7-8(12)13-4/h10-11H,5-7H2,1-4H3. The summed E-state index contributed by atoms with van der Waals surface area (Å²) in [5.41, 5.74) is 0.132. The minimum absolute atomic E-state index is 0.132. The Morgan fingerprint density at radius 2 is 1.92 bits per heavy atom. The van der Waals surface area contributed by atoms with E-state index in [2.05, 4.69) is 36.1 Å². The Morgan fingerprint density at radius 1 is 1.31 bits per heavy atom. The van der Waals surface area contributed by atoms with E-state index >= 15 is 0 Å². The van der Waals surface area contributed by atoms with E-state index in [9.17, 15) is 4.79 Å². The predicted octanol–water partition coefficient (Wildman–Crippen LogP) is 0.137. The molecule has 2 N–H and O–H groups in total. The Morgan fingerprint density at radius 3 is 2.38 bits per heavy atom. The van der Waals surface area contributed by atoms with Crippen molar-refractivity contribution in [3.63, 3.8) is 0 Å². The first kappa shape index (κ1) is 12.4. The Labute approximate surface area is 80.0 Å². The molecule has 0 aromatic rings. The fourth-order valence-electron chi connectivity index (χ4n) is 0.789. The van der Waals surface area contributed by atoms with Crippen molar-refractivity contribution in [2.45, 2.75) is 26.3 Å². The number of esters is 1. The van der Waals surface area contributed by atoms with E-state index < -0.39 is 0 Å². The van der Waals surface area contributed by atoms with Crippen molar-refractivity contribution in [3.05, 3.63) is 0 Å². The summed E-state index contributed by atoms with van der Waals surface area (Å²) >= 11 is 0. The van der Waals surface area contributed by atoms with Crippen LogP contribution in [0.5, 0.6) is 0 Å². The van der Waals surface area contributed by atoms with Crippen molar-refractivity contribution in [1.82, 2.24) is 10.6 Å². The maximum Gasteiger partial charge on any atom is 0.319 e. The topological polar surface area (TPSA) is 50.4 Å². The lowest BCUT2D eigenvalue weighted by Gasteiger charge is -2.20. The second kappa shape index (κ2) is 5.94. The summed E-state index contributed by atoms with van der Waals surface area (Å²) in [5, 5.41) is 6.27. The van der Waals surface area contributed by atoms with Crippen molar-refractivity contribution in [2.24, 2.45) is 0 Å². The van der Waals surface area contributed by atoms with Crippen LogP contribution in [-0.2, 0) is 9.53 Å². The van der Waals surface area contributed by atoms with Crippen LogP contribution in [0.1, 0.15) is 20.8 Å². The first-order chi connectivity index (χ1) is 5.95. The third-order valence-corrected chi connectivity index (χ3v) is 1.45. The molecule has 0 aromatic carbocycles. The Hall–Kier alpha value is -0.610. The van der Waals surface area contributed by atoms with E-state index in [4.69, 9.17) is 0 Å². The zero-order chi connectivity index (χ0) is 10.3. The molecule has 0 aliphatic carbocycles. The van der Waals surface area contributed by atoms with Crippen LogP contribution < -0.4 is 10.6 Å². The van der Waals surface area contributed by atoms with Crippen LogP contribution in [0.4, 0.5) is 0 Å². The molecule has 0 unspecified atom stereocenters. The van der Waals surface area contributed by atoms with Gasteiger partial charge < -0.3 is 15.4 Å². The number of methoxy groups -OCH3 is 1. The number of carbonyl (C=O) groups excluding carboxylic acids is 1. The summed E-state index contributed by atoms with van der Waals surface area (Å²) < 4.78 is 4.48. The summed E-state index contributed by atoms with van der Waals surface area (Å²) in [7, 11) is 1.39. The van der Waals surface area contributed by atoms with Crippen molar-refractivity contribution in [1.29, 1.82) is 0 Å². The summed E-state index contributed by atoms with van der Waals surface area (Å²) in [4.78, 5) is 10.7. The third kappa shape index (κ3) is 9.30. The highest BCUT2D eigenvalue weighted by Crippen LogP contribution is 1.96. The molecule has 0 rings (SSSR count). The normalized spacial score (nSPS) is 11.4. The Bertz CT molecular complexity index is 152. The molecule has 0 bridgehead atoms. The lowest BCUT2D eigenvalue weighted by molar-refractivity contribution is -0.139. The molecule has 0 fully saturated rings. The van der Waals surface area contributed by atoms with Gasteiger partial charge in [0.05, 0.1) is 13.7 Å². The average Bonchev–Trinajstić information content (AvgIpc) is 2.01. The lowest BCUT2D eigenvalue weighted by Crippen LogP contribution is -2.41. The van der Waals surface area contributed by atoms with Crippen LogP contribution in [0, 0.1) is 0 Å². The van der Waals surface area contributed by atoms with Crippen molar-refractivity contribution in [3.8, 4) is 0 Å². The first-order valence-electron chi connectivity index (χ1n) is 4.48. The van der Waals surface area contributed by atoms with E-state index in [-0.39, 0.29) is 18.1 Å². The van der Waals surface area contributed by atoms with Gasteiger partial charge in [0.1, 0.15) is 0 Å². The highest BCUT2D eigenvalue weighted by molar-refractivity contribution is 5.71. The monoisotopic (exact) mass is 188 g/mol. The molecule has 0 heterocycles. The summed E-state index contributed by atoms with van der Waals surface area (Å²) in [6, 6.07) is 0. The van der Waals surface area contributed by atoms with E-state index in [0.29, 0.717) is 0 Å². The van der Waals surface area contributed by atoms with Crippen molar-refractivity contribution >= 4 is 5.97 Å². The molecule has 78 valence electrons. The number of hydrogen-bond acceptors (Lipinski definition) is 4. The largest absolute Gasteiger partial charge is 0.468 e. The summed E-state index contributed by atoms with van der Waals surface area (Å²) in [6.07, 6.45) is 0. The number of ether oxygens (including phenoxy) is 1. The Balaban J connectivity index is 3.22. The molecule has 0 amide bonds. The van der Waals surface area contributed by atoms with Gasteiger partial charge in [-0.05, 0) is 20.8 Å². The first-order valence-corrected chi connectivity index (χ1v) is 4.48. The van der Waals surface area contributed by atoms with Crippen molar-refractivity contribution in [2.75, 3.05) is 26.7 Å². The van der Waals surface area contributed by atoms with E-state index in [0.717, 1.165) is 13.1 Å². The maximum atomic E-state index is 10.7. The average molecular weight is 188 g/mol. The van der Waals surface area contributed by atoms with Crippen LogP contribution in [0.25, 0.3) is 0 Å². The van der Waals surface area contributed by atoms with Crippen molar-refractivity contribution < 1.29 is 9.53 Å². The highest BCUT2D eigenvalue weighted by Gasteiger charge is 2.07. The van der Waals surface area contributed by atoms with Crippen LogP contribution in [0.2, 0.25) is 0 Å². The fraction of sp³-hybridized carbons (Fsp3) is 0.889. The zero-order valence-electron chi connectivity index (χ0n) is 8.94. The fourth-order valence-corrected chi connectivity index (χ4v) is 0.789. The number of nitrogens with one attached hydrogen (secondary N) is 2. The van der Waals surface area contributed by atoms with Gasteiger partial charge in [-0.1, -0.05) is 0 Å². The van der Waals surface area contributed by atoms with Crippen LogP contribution in [-0.4, -0.2) is 38.3 Å². The second-order valence-corrected chi connectivity index (χ2v) is 3.93. The zero-order valence-corrected chi connectivity index (χ0v) is 8.94. The maximum absolute atomic E-state index is 10.7. The highest BCUT2D eigenvalue weighted by atomic mass is 16.5. The molecule has 0 radical (unpaired) electrons. The Kier molecular flexibility index (Phi) is 5.66. The molecule has 0 saturated heterocycles. The molecule has 0 saturated carbocycles. The molecule has 0 aliphatic heterocycles. The minimum Gasteiger partial charge on any atom is -0.468 e. The van der Waals surface area contributed by atoms with Gasteiger partial charge in [-0.2, -0.15) is 0 Å². The predicted molar refractivity (Wildman–Crippen MR) is 52.6 cm³/mol. The molecule has 4 nitrogen and oxygen atoms in total. The van der Waals surface area contributed by atoms with Crippen LogP contribution in [0.15, 0.2) is 0 Å². The SMILES string of the molecule is COC(=O)CNCCNC(C)(C)C. The molecule has 0 aromatic heterocycles. The van der Waals surface area contributed by atoms with Gasteiger partial charge in [-0.25, -0.2) is 0 Å². The number of carbonyl (C=O) groups is 1. The molecule has 13 heavy (non-hydrogen) atoms. The van der Waals surface area contributed by atoms with Gasteiger partial charge in [-0.15, -0.1) is 0 Å². The molecular formula is C9H20N2O2. The van der Waals surface area contributed by atoms with Gasteiger partial charge in [0.25, 0.3) is 0 Å². The second-order valence-electron chi connectivity index (χ2n) is 3.93. The van der Waals surface area contributed by atoms with Gasteiger partial charge in [0.2, 0.25) is 0 Å². The summed E-state index contributed by atoms with van der Waals surface area (Å²) in [5.74, 6) is -0.226. The molecular weight excluding hydrogens is 168 g/mol. The number of rotatable bonds is 5. The molecule has 0 spiro atoms. The van der Waals surface area contributed by atoms with Gasteiger partial charge in [-0.3, -0.25) is 4.79 Å². The smallest absolute Gasteiger partial charge is 0.319 e. The molecule has 0 aliphatic rings. The van der Waals surface area contributed by atoms with Gasteiger partial charge >= 0.3 is 5.97 Å². The van der Waals surface area contributed by atoms with E-state index in [1.807, 2.05) is 0 Å². The third-order valence-electron chi connectivity index (χ3n) is 1.45. The molecule has 0 atom stereocenters. The van der Waals surface area contributed by atoms with E-state index in [1.165, 1.54) is 7.11 Å². The van der Waals surface area contributed by atoms with Gasteiger partial charge in [0.15, 0.2) is 0 Å². The van der Waals surface area contributed by atoms with Gasteiger partial charge in [0, 0.05) is 18.6 Å². The van der Waals surface area contributed by atoms with Crippen LogP contribution >= 0.6 is 0 Å². The summed E-state index contributed by atoms with van der Waals surface area (Å²) in [6.45, 7) is 8.21. The van der Waals surface area contributed by atoms with Crippen LogP contribution in [0.3, 0.4) is 0 Å². The lowest BCUT2D eigenvalue weighted by atomic mass is 10.1. The quantitative estimate of drug-likeness (QED) is 0.476. The number of hydrogen-bond donors (Lipinski definition) is 2.